The number of carbonyl (C=O) groups is 1. The molecular weight excluding hydrogens is 575 g/mol. The molecular formula is C30H41N4O8P. The second kappa shape index (κ2) is 13.0. The molecule has 3 aromatic rings. The van der Waals surface area contributed by atoms with Crippen LogP contribution in [0.5, 0.6) is 5.75 Å². The van der Waals surface area contributed by atoms with E-state index in [9.17, 15) is 19.6 Å². The Labute approximate surface area is 251 Å². The number of ether oxygens (including phenoxy) is 2. The summed E-state index contributed by atoms with van der Waals surface area (Å²) in [5.74, 6) is -0.172. The highest BCUT2D eigenvalue weighted by atomic mass is 31.2. The van der Waals surface area contributed by atoms with Crippen LogP contribution in [0.4, 0.5) is 0 Å². The number of aliphatic hydroxyl groups is 2. The molecule has 1 aromatic carbocycles. The molecule has 1 saturated heterocycles. The number of aromatic nitrogens is 3. The van der Waals surface area contributed by atoms with E-state index in [0.29, 0.717) is 5.69 Å². The van der Waals surface area contributed by atoms with Crippen LogP contribution in [0.1, 0.15) is 57.8 Å². The first kappa shape index (κ1) is 31.6. The molecule has 1 aliphatic carbocycles. The molecule has 0 radical (unpaired) electrons. The maximum Gasteiger partial charge on any atom is 0.459 e. The lowest BCUT2D eigenvalue weighted by atomic mass is 9.86. The van der Waals surface area contributed by atoms with Crippen molar-refractivity contribution in [3.63, 3.8) is 0 Å². The van der Waals surface area contributed by atoms with Crippen molar-refractivity contribution >= 4 is 19.2 Å². The number of fused-ring (bicyclic) bond motifs is 1. The number of esters is 1. The molecule has 6 atom stereocenters. The fourth-order valence-corrected chi connectivity index (χ4v) is 7.13. The van der Waals surface area contributed by atoms with Crippen molar-refractivity contribution in [3.05, 3.63) is 60.2 Å². The molecule has 1 saturated carbocycles. The lowest BCUT2D eigenvalue weighted by molar-refractivity contribution is -0.146. The van der Waals surface area contributed by atoms with Crippen LogP contribution in [0.15, 0.2) is 48.8 Å². The standard InChI is InChI=1S/C30H41N4O8P/c1-5-21(6-2)16-39-29(37)20(4)33-43(38,42-23-10-8-7-9-11-23)40-17-25-27(35)28(36)30(41-25,22-12-13-22)26-15-14-24-19(3)31-18-32-34(24)26/h7-11,14-15,18,20-22,25,27-28,35-36H,5-6,12-13,16-17H2,1-4H3,(H,33,38)/t20-,25+,27+,28+,30-,43-/m0/s1. The molecule has 5 rings (SSSR count). The molecule has 12 nitrogen and oxygen atoms in total. The van der Waals surface area contributed by atoms with Gasteiger partial charge in [0.15, 0.2) is 0 Å². The molecule has 0 bridgehead atoms. The second-order valence-electron chi connectivity index (χ2n) is 11.4. The van der Waals surface area contributed by atoms with Gasteiger partial charge in [0.1, 0.15) is 42.0 Å². The molecule has 2 aliphatic rings. The number of rotatable bonds is 14. The van der Waals surface area contributed by atoms with Gasteiger partial charge in [-0.1, -0.05) is 44.9 Å². The monoisotopic (exact) mass is 616 g/mol. The zero-order valence-corrected chi connectivity index (χ0v) is 25.9. The third-order valence-corrected chi connectivity index (χ3v) is 10.1. The fourth-order valence-electron chi connectivity index (χ4n) is 5.62. The lowest BCUT2D eigenvalue weighted by Crippen LogP contribution is -2.43. The van der Waals surface area contributed by atoms with Crippen LogP contribution >= 0.6 is 7.75 Å². The summed E-state index contributed by atoms with van der Waals surface area (Å²) in [6.45, 7) is 7.30. The average molecular weight is 617 g/mol. The summed E-state index contributed by atoms with van der Waals surface area (Å²) in [5, 5.41) is 29.7. The van der Waals surface area contributed by atoms with Gasteiger partial charge in [0.05, 0.1) is 30.1 Å². The van der Waals surface area contributed by atoms with Gasteiger partial charge in [-0.25, -0.2) is 14.1 Å². The van der Waals surface area contributed by atoms with Gasteiger partial charge in [0, 0.05) is 0 Å². The number of hydrogen-bond acceptors (Lipinski definition) is 10. The lowest BCUT2D eigenvalue weighted by Gasteiger charge is -2.32. The molecule has 0 spiro atoms. The van der Waals surface area contributed by atoms with Gasteiger partial charge >= 0.3 is 13.7 Å². The van der Waals surface area contributed by atoms with E-state index in [4.69, 9.17) is 18.5 Å². The van der Waals surface area contributed by atoms with E-state index in [0.717, 1.165) is 36.9 Å². The molecule has 13 heteroatoms. The molecule has 0 amide bonds. The van der Waals surface area contributed by atoms with Gasteiger partial charge in [-0.15, -0.1) is 0 Å². The van der Waals surface area contributed by atoms with Crippen molar-refractivity contribution in [2.45, 2.75) is 83.3 Å². The van der Waals surface area contributed by atoms with Gasteiger partial charge in [-0.2, -0.15) is 10.2 Å². The number of aryl methyl sites for hydroxylation is 1. The van der Waals surface area contributed by atoms with E-state index in [-0.39, 0.29) is 24.2 Å². The summed E-state index contributed by atoms with van der Waals surface area (Å²) in [6, 6.07) is 11.1. The average Bonchev–Trinajstić information content (AvgIpc) is 3.71. The van der Waals surface area contributed by atoms with Crippen LogP contribution in [0.2, 0.25) is 0 Å². The number of benzene rings is 1. The van der Waals surface area contributed by atoms with Crippen LogP contribution in [-0.4, -0.2) is 68.3 Å². The summed E-state index contributed by atoms with van der Waals surface area (Å²) < 4.78 is 39.3. The Morgan fingerprint density at radius 2 is 1.91 bits per heavy atom. The summed E-state index contributed by atoms with van der Waals surface area (Å²) >= 11 is 0. The predicted molar refractivity (Wildman–Crippen MR) is 157 cm³/mol. The smallest absolute Gasteiger partial charge is 0.459 e. The number of para-hydroxylation sites is 1. The highest BCUT2D eigenvalue weighted by Crippen LogP contribution is 2.56. The van der Waals surface area contributed by atoms with E-state index in [1.54, 1.807) is 34.8 Å². The van der Waals surface area contributed by atoms with E-state index in [1.165, 1.54) is 13.3 Å². The zero-order chi connectivity index (χ0) is 30.8. The summed E-state index contributed by atoms with van der Waals surface area (Å²) in [4.78, 5) is 17.0. The largest absolute Gasteiger partial charge is 0.464 e. The van der Waals surface area contributed by atoms with Crippen molar-refractivity contribution < 1.29 is 38.1 Å². The van der Waals surface area contributed by atoms with Crippen molar-refractivity contribution in [1.82, 2.24) is 19.7 Å². The Hall–Kier alpha value is -2.86. The normalized spacial score (nSPS) is 26.0. The van der Waals surface area contributed by atoms with E-state index in [1.807, 2.05) is 32.9 Å². The number of hydrogen-bond donors (Lipinski definition) is 3. The van der Waals surface area contributed by atoms with Crippen molar-refractivity contribution in [1.29, 1.82) is 0 Å². The van der Waals surface area contributed by atoms with Gasteiger partial charge in [0.25, 0.3) is 0 Å². The first-order valence-corrected chi connectivity index (χ1v) is 16.4. The molecule has 3 heterocycles. The predicted octanol–water partition coefficient (Wildman–Crippen LogP) is 3.92. The molecule has 3 N–H and O–H groups in total. The summed E-state index contributed by atoms with van der Waals surface area (Å²) in [6.07, 6.45) is 1.04. The quantitative estimate of drug-likeness (QED) is 0.178. The molecule has 2 fully saturated rings. The highest BCUT2D eigenvalue weighted by Gasteiger charge is 2.63. The van der Waals surface area contributed by atoms with Gasteiger partial charge < -0.3 is 24.2 Å². The Morgan fingerprint density at radius 1 is 1.19 bits per heavy atom. The van der Waals surface area contributed by atoms with Crippen molar-refractivity contribution in [3.8, 4) is 5.75 Å². The van der Waals surface area contributed by atoms with Crippen LogP contribution in [0, 0.1) is 18.8 Å². The summed E-state index contributed by atoms with van der Waals surface area (Å²) in [5.41, 5.74) is 0.861. The Morgan fingerprint density at radius 3 is 2.58 bits per heavy atom. The third kappa shape index (κ3) is 6.50. The minimum Gasteiger partial charge on any atom is -0.464 e. The number of carbonyl (C=O) groups excluding carboxylic acids is 1. The van der Waals surface area contributed by atoms with E-state index in [2.05, 4.69) is 15.2 Å². The fraction of sp³-hybridized carbons (Fsp3) is 0.567. The van der Waals surface area contributed by atoms with Crippen LogP contribution in [0.25, 0.3) is 5.52 Å². The number of aliphatic hydroxyl groups excluding tert-OH is 2. The van der Waals surface area contributed by atoms with Gasteiger partial charge in [-0.3, -0.25) is 9.32 Å². The molecule has 0 unspecified atom stereocenters. The highest BCUT2D eigenvalue weighted by molar-refractivity contribution is 7.52. The number of nitrogens with one attached hydrogen (secondary N) is 1. The van der Waals surface area contributed by atoms with Crippen LogP contribution < -0.4 is 9.61 Å². The van der Waals surface area contributed by atoms with Gasteiger partial charge in [-0.05, 0) is 62.8 Å². The molecule has 2 aromatic heterocycles. The maximum absolute atomic E-state index is 14.1. The van der Waals surface area contributed by atoms with Crippen LogP contribution in [0.3, 0.4) is 0 Å². The Bertz CT molecular complexity index is 1450. The Balaban J connectivity index is 1.35. The van der Waals surface area contributed by atoms with Crippen molar-refractivity contribution in [2.24, 2.45) is 11.8 Å². The number of nitrogens with zero attached hydrogens (tertiary/aromatic N) is 3. The molecule has 234 valence electrons. The van der Waals surface area contributed by atoms with E-state index < -0.39 is 50.3 Å². The second-order valence-corrected chi connectivity index (χ2v) is 13.1. The Kier molecular flexibility index (Phi) is 9.55. The van der Waals surface area contributed by atoms with Crippen LogP contribution in [-0.2, 0) is 29.0 Å². The first-order valence-electron chi connectivity index (χ1n) is 14.9. The topological polar surface area (TPSA) is 154 Å². The third-order valence-electron chi connectivity index (χ3n) is 8.42. The minimum absolute atomic E-state index is 0.0640. The molecule has 1 aliphatic heterocycles. The summed E-state index contributed by atoms with van der Waals surface area (Å²) in [7, 11) is -4.22. The van der Waals surface area contributed by atoms with E-state index >= 15 is 0 Å². The minimum atomic E-state index is -4.22. The maximum atomic E-state index is 14.1. The zero-order valence-electron chi connectivity index (χ0n) is 25.0. The van der Waals surface area contributed by atoms with Crippen molar-refractivity contribution in [2.75, 3.05) is 13.2 Å². The van der Waals surface area contributed by atoms with Gasteiger partial charge in [0.2, 0.25) is 0 Å². The molecule has 43 heavy (non-hydrogen) atoms. The first-order chi connectivity index (χ1) is 20.6. The SMILES string of the molecule is CCC(CC)COC(=O)[C@H](C)N[P@](=O)(OC[C@H]1O[C@](c2ccc3c(C)ncnn23)(C2CC2)[C@H](O)[C@@H]1O)Oc1ccccc1.